The fourth-order valence-corrected chi connectivity index (χ4v) is 0.907. The van der Waals surface area contributed by atoms with Crippen molar-refractivity contribution >= 4 is 19.3 Å². The highest BCUT2D eigenvalue weighted by Crippen LogP contribution is 2.08. The first-order chi connectivity index (χ1) is 6.86. The van der Waals surface area contributed by atoms with Gasteiger partial charge in [-0.15, -0.1) is 0 Å². The smallest absolute Gasteiger partial charge is 0.106 e. The molecule has 0 heterocycles. The monoisotopic (exact) mass is 195 g/mol. The lowest BCUT2D eigenvalue weighted by atomic mass is 10.1. The van der Waals surface area contributed by atoms with Crippen molar-refractivity contribution < 1.29 is 9.59 Å². The van der Waals surface area contributed by atoms with E-state index < -0.39 is 0 Å². The topological polar surface area (TPSA) is 46.2 Å². The number of nitrogens with one attached hydrogen (secondary N) is 1. The molecule has 0 saturated heterocycles. The molecular weight excluding hydrogens is 178 g/mol. The Labute approximate surface area is 85.1 Å². The molecule has 0 radical (unpaired) electrons. The van der Waals surface area contributed by atoms with Gasteiger partial charge in [0.1, 0.15) is 13.6 Å². The van der Waals surface area contributed by atoms with E-state index in [0.717, 1.165) is 6.42 Å². The van der Waals surface area contributed by atoms with Crippen molar-refractivity contribution in [3.05, 3.63) is 29.8 Å². The van der Waals surface area contributed by atoms with Crippen LogP contribution in [0.4, 0.5) is 5.69 Å². The number of hydrogen-bond acceptors (Lipinski definition) is 3. The summed E-state index contributed by atoms with van der Waals surface area (Å²) >= 11 is 0. The molecule has 0 unspecified atom stereocenters. The van der Waals surface area contributed by atoms with Gasteiger partial charge >= 0.3 is 0 Å². The average molecular weight is 195 g/mol. The molecular formula is C11H17NO2. The number of anilines is 1. The third-order valence-electron chi connectivity index (χ3n) is 1.65. The molecule has 0 bridgehead atoms. The summed E-state index contributed by atoms with van der Waals surface area (Å²) in [4.78, 5) is 16.0. The van der Waals surface area contributed by atoms with Gasteiger partial charge < -0.3 is 14.9 Å². The molecule has 14 heavy (non-hydrogen) atoms. The van der Waals surface area contributed by atoms with E-state index in [1.54, 1.807) is 0 Å². The quantitative estimate of drug-likeness (QED) is 0.784. The van der Waals surface area contributed by atoms with Gasteiger partial charge in [-0.2, -0.15) is 0 Å². The standard InChI is InChI=1S/C9H13N.2CH2O/c1-3-8-4-6-9(10-2)7-5-8;2*1-2/h4-7,10H,3H2,1-2H3;2*1H2. The third kappa shape index (κ3) is 5.94. The van der Waals surface area contributed by atoms with Gasteiger partial charge in [-0.1, -0.05) is 19.1 Å². The minimum atomic E-state index is 1.12. The number of hydrogen-bond donors (Lipinski definition) is 1. The number of carbonyl (C=O) groups excluding carboxylic acids is 2. The van der Waals surface area contributed by atoms with Gasteiger partial charge in [0.2, 0.25) is 0 Å². The molecule has 1 aromatic rings. The van der Waals surface area contributed by atoms with Crippen LogP contribution in [0.5, 0.6) is 0 Å². The van der Waals surface area contributed by atoms with Crippen molar-refractivity contribution in [1.82, 2.24) is 0 Å². The molecule has 1 rings (SSSR count). The number of benzene rings is 1. The predicted molar refractivity (Wildman–Crippen MR) is 59.6 cm³/mol. The summed E-state index contributed by atoms with van der Waals surface area (Å²) < 4.78 is 0. The zero-order chi connectivity index (χ0) is 11.4. The number of aryl methyl sites for hydroxylation is 1. The van der Waals surface area contributed by atoms with Crippen molar-refractivity contribution in [2.75, 3.05) is 12.4 Å². The molecule has 0 amide bonds. The summed E-state index contributed by atoms with van der Waals surface area (Å²) in [5.74, 6) is 0. The highest BCUT2D eigenvalue weighted by Gasteiger charge is 1.87. The van der Waals surface area contributed by atoms with Gasteiger partial charge in [0.15, 0.2) is 0 Å². The maximum atomic E-state index is 8.00. The molecule has 0 aromatic heterocycles. The van der Waals surface area contributed by atoms with Crippen LogP contribution >= 0.6 is 0 Å². The Bertz CT molecular complexity index is 196. The summed E-state index contributed by atoms with van der Waals surface area (Å²) in [5.41, 5.74) is 2.57. The predicted octanol–water partition coefficient (Wildman–Crippen LogP) is 1.92. The second-order valence-corrected chi connectivity index (χ2v) is 2.30. The highest BCUT2D eigenvalue weighted by molar-refractivity contribution is 5.43. The molecule has 1 N–H and O–H groups in total. The van der Waals surface area contributed by atoms with Crippen LogP contribution in [-0.4, -0.2) is 20.6 Å². The minimum absolute atomic E-state index is 1.12. The summed E-state index contributed by atoms with van der Waals surface area (Å²) in [6, 6.07) is 8.48. The summed E-state index contributed by atoms with van der Waals surface area (Å²) in [5, 5.41) is 3.08. The maximum Gasteiger partial charge on any atom is 0.106 e. The Hall–Kier alpha value is -1.64. The van der Waals surface area contributed by atoms with Gasteiger partial charge in [-0.25, -0.2) is 0 Å². The Balaban J connectivity index is 0. The highest BCUT2D eigenvalue weighted by atomic mass is 16.1. The molecule has 0 fully saturated rings. The molecule has 3 nitrogen and oxygen atoms in total. The van der Waals surface area contributed by atoms with E-state index in [0.29, 0.717) is 0 Å². The normalized spacial score (nSPS) is 7.29. The molecule has 0 spiro atoms. The van der Waals surface area contributed by atoms with E-state index >= 15 is 0 Å². The van der Waals surface area contributed by atoms with Crippen LogP contribution in [0.1, 0.15) is 12.5 Å². The van der Waals surface area contributed by atoms with Crippen LogP contribution in [0, 0.1) is 0 Å². The van der Waals surface area contributed by atoms with Crippen LogP contribution in [-0.2, 0) is 16.0 Å². The van der Waals surface area contributed by atoms with Gasteiger partial charge in [0.05, 0.1) is 0 Å². The van der Waals surface area contributed by atoms with Gasteiger partial charge in [-0.05, 0) is 24.1 Å². The van der Waals surface area contributed by atoms with E-state index in [9.17, 15) is 0 Å². The molecule has 78 valence electrons. The van der Waals surface area contributed by atoms with Crippen molar-refractivity contribution in [2.24, 2.45) is 0 Å². The summed E-state index contributed by atoms with van der Waals surface area (Å²) in [6.45, 7) is 6.16. The molecule has 0 aliphatic heterocycles. The molecule has 3 heteroatoms. The Morgan fingerprint density at radius 3 is 1.79 bits per heavy atom. The van der Waals surface area contributed by atoms with Crippen molar-refractivity contribution in [2.45, 2.75) is 13.3 Å². The van der Waals surface area contributed by atoms with E-state index in [4.69, 9.17) is 9.59 Å². The van der Waals surface area contributed by atoms with Gasteiger partial charge in [0.25, 0.3) is 0 Å². The fourth-order valence-electron chi connectivity index (χ4n) is 0.907. The molecule has 1 aromatic carbocycles. The molecule has 0 aliphatic carbocycles. The zero-order valence-corrected chi connectivity index (χ0v) is 8.75. The van der Waals surface area contributed by atoms with Crippen LogP contribution in [0.2, 0.25) is 0 Å². The molecule has 0 saturated carbocycles. The minimum Gasteiger partial charge on any atom is -0.388 e. The lowest BCUT2D eigenvalue weighted by Crippen LogP contribution is -1.87. The maximum absolute atomic E-state index is 8.00. The van der Waals surface area contributed by atoms with E-state index in [-0.39, 0.29) is 0 Å². The van der Waals surface area contributed by atoms with E-state index in [1.807, 2.05) is 20.6 Å². The molecule has 0 atom stereocenters. The first-order valence-electron chi connectivity index (χ1n) is 4.21. The first kappa shape index (κ1) is 14.9. The fraction of sp³-hybridized carbons (Fsp3) is 0.273. The van der Waals surface area contributed by atoms with E-state index in [2.05, 4.69) is 36.5 Å². The van der Waals surface area contributed by atoms with Crippen LogP contribution in [0.25, 0.3) is 0 Å². The van der Waals surface area contributed by atoms with Crippen LogP contribution in [0.15, 0.2) is 24.3 Å². The first-order valence-corrected chi connectivity index (χ1v) is 4.21. The average Bonchev–Trinajstić information content (AvgIpc) is 2.34. The summed E-state index contributed by atoms with van der Waals surface area (Å²) in [7, 11) is 1.93. The van der Waals surface area contributed by atoms with Crippen molar-refractivity contribution in [1.29, 1.82) is 0 Å². The van der Waals surface area contributed by atoms with Crippen LogP contribution in [0.3, 0.4) is 0 Å². The second kappa shape index (κ2) is 11.4. The SMILES string of the molecule is C=O.C=O.CCc1ccc(NC)cc1. The third-order valence-corrected chi connectivity index (χ3v) is 1.65. The Kier molecular flexibility index (Phi) is 12.1. The largest absolute Gasteiger partial charge is 0.388 e. The lowest BCUT2D eigenvalue weighted by molar-refractivity contribution is -0.0987. The van der Waals surface area contributed by atoms with Gasteiger partial charge in [-0.3, -0.25) is 0 Å². The zero-order valence-electron chi connectivity index (χ0n) is 8.75. The van der Waals surface area contributed by atoms with E-state index in [1.165, 1.54) is 11.3 Å². The molecule has 0 aliphatic rings. The van der Waals surface area contributed by atoms with Gasteiger partial charge in [0, 0.05) is 12.7 Å². The Morgan fingerprint density at radius 2 is 1.50 bits per heavy atom. The van der Waals surface area contributed by atoms with Crippen molar-refractivity contribution in [3.63, 3.8) is 0 Å². The lowest BCUT2D eigenvalue weighted by Gasteiger charge is -1.99. The number of carbonyl (C=O) groups is 2. The van der Waals surface area contributed by atoms with Crippen molar-refractivity contribution in [3.8, 4) is 0 Å². The summed E-state index contributed by atoms with van der Waals surface area (Å²) in [6.07, 6.45) is 1.12. The second-order valence-electron chi connectivity index (χ2n) is 2.30. The van der Waals surface area contributed by atoms with Crippen LogP contribution < -0.4 is 5.32 Å². The number of rotatable bonds is 2. The Morgan fingerprint density at radius 1 is 1.07 bits per heavy atom.